The van der Waals surface area contributed by atoms with Gasteiger partial charge in [0.15, 0.2) is 0 Å². The van der Waals surface area contributed by atoms with E-state index in [1.165, 1.54) is 16.7 Å². The molecule has 28 heavy (non-hydrogen) atoms. The van der Waals surface area contributed by atoms with Gasteiger partial charge in [0.25, 0.3) is 5.91 Å². The largest absolute Gasteiger partial charge is 0.347 e. The fourth-order valence-electron chi connectivity index (χ4n) is 2.81. The zero-order valence-electron chi connectivity index (χ0n) is 15.2. The Morgan fingerprint density at radius 1 is 1.21 bits per heavy atom. The van der Waals surface area contributed by atoms with Crippen LogP contribution < -0.4 is 10.2 Å². The number of anilines is 1. The molecule has 1 saturated heterocycles. The molecule has 1 fully saturated rings. The van der Waals surface area contributed by atoms with E-state index in [2.05, 4.69) is 21.2 Å². The van der Waals surface area contributed by atoms with Crippen LogP contribution in [-0.4, -0.2) is 17.1 Å². The van der Waals surface area contributed by atoms with Crippen LogP contribution in [-0.2, 0) is 16.1 Å². The van der Waals surface area contributed by atoms with Crippen molar-refractivity contribution in [2.75, 3.05) is 4.90 Å². The maximum atomic E-state index is 12.9. The highest BCUT2D eigenvalue weighted by molar-refractivity contribution is 9.10. The minimum absolute atomic E-state index is 0.0480. The summed E-state index contributed by atoms with van der Waals surface area (Å²) >= 11 is 4.65. The van der Waals surface area contributed by atoms with Crippen LogP contribution in [0.5, 0.6) is 0 Å². The molecule has 5 nitrogen and oxygen atoms in total. The summed E-state index contributed by atoms with van der Waals surface area (Å²) in [5, 5.41) is 12.5. The van der Waals surface area contributed by atoms with Gasteiger partial charge in [0, 0.05) is 16.7 Å². The van der Waals surface area contributed by atoms with Crippen LogP contribution in [0.1, 0.15) is 18.9 Å². The van der Waals surface area contributed by atoms with Crippen LogP contribution >= 0.6 is 27.7 Å². The number of halogens is 1. The normalized spacial score (nSPS) is 18.0. The first-order valence-electron chi connectivity index (χ1n) is 8.77. The molecule has 1 heterocycles. The van der Waals surface area contributed by atoms with Crippen molar-refractivity contribution in [3.63, 3.8) is 0 Å². The molecule has 0 saturated carbocycles. The second-order valence-electron chi connectivity index (χ2n) is 6.13. The van der Waals surface area contributed by atoms with Crippen molar-refractivity contribution in [2.24, 2.45) is 0 Å². The molecule has 0 bridgehead atoms. The molecule has 1 N–H and O–H groups in total. The number of thioether (sulfide) groups is 1. The topological polar surface area (TPSA) is 73.2 Å². The molecule has 142 valence electrons. The first-order valence-corrected chi connectivity index (χ1v) is 10.4. The molecule has 0 radical (unpaired) electrons. The Balaban J connectivity index is 1.93. The molecule has 0 spiro atoms. The maximum absolute atomic E-state index is 12.9. The second kappa shape index (κ2) is 9.09. The Kier molecular flexibility index (Phi) is 6.55. The molecule has 1 aliphatic rings. The lowest BCUT2D eigenvalue weighted by Gasteiger charge is -2.18. The molecule has 3 rings (SSSR count). The molecule has 2 aromatic rings. The van der Waals surface area contributed by atoms with Crippen LogP contribution in [0, 0.1) is 11.3 Å². The fraction of sp³-hybridized carbons (Fsp3) is 0.190. The van der Waals surface area contributed by atoms with Crippen molar-refractivity contribution in [2.45, 2.75) is 25.1 Å². The first kappa shape index (κ1) is 20.2. The van der Waals surface area contributed by atoms with Crippen molar-refractivity contribution in [3.05, 3.63) is 75.2 Å². The number of amides is 2. The minimum Gasteiger partial charge on any atom is -0.347 e. The molecule has 0 aliphatic carbocycles. The smallest absolute Gasteiger partial charge is 0.264 e. The zero-order valence-corrected chi connectivity index (χ0v) is 17.6. The molecular weight excluding hydrogens is 438 g/mol. The lowest BCUT2D eigenvalue weighted by molar-refractivity contribution is -0.117. The fourth-order valence-corrected chi connectivity index (χ4v) is 4.27. The van der Waals surface area contributed by atoms with E-state index in [4.69, 9.17) is 0 Å². The number of carbonyl (C=O) groups excluding carboxylic acids is 2. The molecular formula is C21H18BrN3O2S. The summed E-state index contributed by atoms with van der Waals surface area (Å²) < 4.78 is 0.884. The van der Waals surface area contributed by atoms with Gasteiger partial charge in [-0.3, -0.25) is 14.5 Å². The standard InChI is InChI=1S/C21H18BrN3O2S/c1-2-18-20(27)25(16-10-8-15(22)9-11-16)21(28-18)17(12-23)19(26)24-13-14-6-4-3-5-7-14/h3-11,18H,2,13H2,1H3,(H,24,26)/b21-17-. The Labute approximate surface area is 176 Å². The second-order valence-corrected chi connectivity index (χ2v) is 8.23. The summed E-state index contributed by atoms with van der Waals surface area (Å²) in [6.45, 7) is 2.23. The Bertz CT molecular complexity index is 952. The summed E-state index contributed by atoms with van der Waals surface area (Å²) in [5.41, 5.74) is 1.52. The van der Waals surface area contributed by atoms with E-state index in [1.807, 2.05) is 55.5 Å². The van der Waals surface area contributed by atoms with Gasteiger partial charge in [-0.25, -0.2) is 0 Å². The van der Waals surface area contributed by atoms with Gasteiger partial charge in [-0.2, -0.15) is 5.26 Å². The van der Waals surface area contributed by atoms with Crippen LogP contribution in [0.3, 0.4) is 0 Å². The van der Waals surface area contributed by atoms with E-state index in [1.54, 1.807) is 12.1 Å². The van der Waals surface area contributed by atoms with E-state index < -0.39 is 5.91 Å². The van der Waals surface area contributed by atoms with Gasteiger partial charge in [-0.15, -0.1) is 0 Å². The average molecular weight is 456 g/mol. The summed E-state index contributed by atoms with van der Waals surface area (Å²) in [6, 6.07) is 18.7. The highest BCUT2D eigenvalue weighted by Gasteiger charge is 2.39. The third-order valence-electron chi connectivity index (χ3n) is 4.26. The molecule has 2 amide bonds. The van der Waals surface area contributed by atoms with Gasteiger partial charge in [0.2, 0.25) is 5.91 Å². The van der Waals surface area contributed by atoms with Gasteiger partial charge in [0.05, 0.1) is 5.25 Å². The number of nitriles is 1. The first-order chi connectivity index (χ1) is 13.5. The number of rotatable bonds is 5. The van der Waals surface area contributed by atoms with Crippen LogP contribution in [0.15, 0.2) is 69.7 Å². The summed E-state index contributed by atoms with van der Waals surface area (Å²) in [6.07, 6.45) is 0.615. The summed E-state index contributed by atoms with van der Waals surface area (Å²) in [5.74, 6) is -0.603. The van der Waals surface area contributed by atoms with Crippen molar-refractivity contribution < 1.29 is 9.59 Å². The lowest BCUT2D eigenvalue weighted by Crippen LogP contribution is -2.31. The summed E-state index contributed by atoms with van der Waals surface area (Å²) in [7, 11) is 0. The van der Waals surface area contributed by atoms with Crippen LogP contribution in [0.4, 0.5) is 5.69 Å². The van der Waals surface area contributed by atoms with E-state index in [0.29, 0.717) is 23.7 Å². The number of carbonyl (C=O) groups is 2. The predicted molar refractivity (Wildman–Crippen MR) is 114 cm³/mol. The molecule has 2 aromatic carbocycles. The predicted octanol–water partition coefficient (Wildman–Crippen LogP) is 4.36. The lowest BCUT2D eigenvalue weighted by atomic mass is 10.2. The molecule has 1 unspecified atom stereocenters. The van der Waals surface area contributed by atoms with Crippen LogP contribution in [0.25, 0.3) is 0 Å². The number of nitrogens with one attached hydrogen (secondary N) is 1. The molecule has 1 atom stereocenters. The van der Waals surface area contributed by atoms with Gasteiger partial charge in [-0.05, 0) is 36.2 Å². The quantitative estimate of drug-likeness (QED) is 0.536. The van der Waals surface area contributed by atoms with Crippen molar-refractivity contribution >= 4 is 45.2 Å². The Morgan fingerprint density at radius 2 is 1.89 bits per heavy atom. The summed E-state index contributed by atoms with van der Waals surface area (Å²) in [4.78, 5) is 27.1. The van der Waals surface area contributed by atoms with Gasteiger partial charge >= 0.3 is 0 Å². The average Bonchev–Trinajstić information content (AvgIpc) is 3.04. The van der Waals surface area contributed by atoms with E-state index in [0.717, 1.165) is 10.0 Å². The SMILES string of the molecule is CCC1S/C(=C(/C#N)C(=O)NCc2ccccc2)N(c2ccc(Br)cc2)C1=O. The van der Waals surface area contributed by atoms with Crippen molar-refractivity contribution in [1.82, 2.24) is 5.32 Å². The highest BCUT2D eigenvalue weighted by atomic mass is 79.9. The molecule has 0 aromatic heterocycles. The van der Waals surface area contributed by atoms with E-state index in [9.17, 15) is 14.9 Å². The number of nitrogens with zero attached hydrogens (tertiary/aromatic N) is 2. The Hall–Kier alpha value is -2.56. The Morgan fingerprint density at radius 3 is 2.50 bits per heavy atom. The van der Waals surface area contributed by atoms with Gasteiger partial charge < -0.3 is 5.32 Å². The third kappa shape index (κ3) is 4.29. The van der Waals surface area contributed by atoms with Crippen LogP contribution in [0.2, 0.25) is 0 Å². The molecule has 1 aliphatic heterocycles. The number of hydrogen-bond acceptors (Lipinski definition) is 4. The molecule has 7 heteroatoms. The van der Waals surface area contributed by atoms with Gasteiger partial charge in [0.1, 0.15) is 16.7 Å². The van der Waals surface area contributed by atoms with Gasteiger partial charge in [-0.1, -0.05) is 64.9 Å². The van der Waals surface area contributed by atoms with E-state index in [-0.39, 0.29) is 16.7 Å². The maximum Gasteiger partial charge on any atom is 0.264 e. The number of benzene rings is 2. The van der Waals surface area contributed by atoms with E-state index >= 15 is 0 Å². The van der Waals surface area contributed by atoms with Crippen molar-refractivity contribution in [1.29, 1.82) is 5.26 Å². The van der Waals surface area contributed by atoms with Crippen molar-refractivity contribution in [3.8, 4) is 6.07 Å². The third-order valence-corrected chi connectivity index (χ3v) is 6.22. The monoisotopic (exact) mass is 455 g/mol. The number of hydrogen-bond donors (Lipinski definition) is 1. The minimum atomic E-state index is -0.486. The highest BCUT2D eigenvalue weighted by Crippen LogP contribution is 2.41. The zero-order chi connectivity index (χ0) is 20.1.